The number of hydrogen-bond acceptors (Lipinski definition) is 6. The zero-order chi connectivity index (χ0) is 17.0. The van der Waals surface area contributed by atoms with Crippen molar-refractivity contribution in [2.24, 2.45) is 0 Å². The number of non-ortho nitro benzene ring substituents is 1. The molecule has 0 N–H and O–H groups in total. The minimum absolute atomic E-state index is 0.0279. The van der Waals surface area contributed by atoms with Crippen LogP contribution in [0.1, 0.15) is 19.8 Å². The summed E-state index contributed by atoms with van der Waals surface area (Å²) in [4.78, 5) is 37.4. The van der Waals surface area contributed by atoms with E-state index in [0.29, 0.717) is 12.2 Å². The topological polar surface area (TPSA) is 93.0 Å². The van der Waals surface area contributed by atoms with E-state index in [4.69, 9.17) is 4.74 Å². The summed E-state index contributed by atoms with van der Waals surface area (Å²) < 4.78 is 5.05. The average molecular weight is 321 g/mol. The van der Waals surface area contributed by atoms with Gasteiger partial charge in [0.05, 0.1) is 23.2 Å². The third-order valence-corrected chi connectivity index (χ3v) is 3.64. The minimum atomic E-state index is -0.559. The summed E-state index contributed by atoms with van der Waals surface area (Å²) in [5, 5.41) is 10.8. The zero-order valence-corrected chi connectivity index (χ0v) is 13.2. The molecule has 1 aliphatic rings. The largest absolute Gasteiger partial charge is 0.423 e. The lowest BCUT2D eigenvalue weighted by Gasteiger charge is -2.30. The average Bonchev–Trinajstić information content (AvgIpc) is 2.51. The number of rotatable bonds is 6. The molecule has 0 fully saturated rings. The highest BCUT2D eigenvalue weighted by atomic mass is 16.6. The number of nitro groups is 1. The van der Waals surface area contributed by atoms with E-state index in [1.54, 1.807) is 16.8 Å². The van der Waals surface area contributed by atoms with E-state index >= 15 is 0 Å². The van der Waals surface area contributed by atoms with Crippen LogP contribution in [0.4, 0.5) is 11.4 Å². The number of unbranched alkanes of at least 4 members (excludes halogenated alkanes) is 1. The van der Waals surface area contributed by atoms with Crippen LogP contribution < -0.4 is 9.64 Å². The van der Waals surface area contributed by atoms with Gasteiger partial charge in [0.25, 0.3) is 5.69 Å². The first-order chi connectivity index (χ1) is 10.9. The summed E-state index contributed by atoms with van der Waals surface area (Å²) in [6, 6.07) is 4.03. The summed E-state index contributed by atoms with van der Waals surface area (Å²) in [7, 11) is 1.72. The van der Waals surface area contributed by atoms with Gasteiger partial charge < -0.3 is 14.5 Å². The molecular formula is C15H19N3O5. The SMILES string of the molecule is CCCCN(C)C(=O)CN1CC(=O)Oc2cc([N+](=O)[O-])ccc21. The highest BCUT2D eigenvalue weighted by Gasteiger charge is 2.28. The van der Waals surface area contributed by atoms with E-state index < -0.39 is 10.9 Å². The van der Waals surface area contributed by atoms with Crippen LogP contribution in [0.15, 0.2) is 18.2 Å². The quantitative estimate of drug-likeness (QED) is 0.342. The number of anilines is 1. The standard InChI is InChI=1S/C15H19N3O5/c1-3-4-7-16(2)14(19)9-17-10-15(20)23-13-8-11(18(21)22)5-6-12(13)17/h5-6,8H,3-4,7,9-10H2,1-2H3. The Bertz CT molecular complexity index is 632. The molecule has 1 aromatic rings. The number of carbonyl (C=O) groups excluding carboxylic acids is 2. The highest BCUT2D eigenvalue weighted by molar-refractivity contribution is 5.89. The van der Waals surface area contributed by atoms with Crippen molar-refractivity contribution in [3.63, 3.8) is 0 Å². The van der Waals surface area contributed by atoms with Gasteiger partial charge in [0.2, 0.25) is 5.91 Å². The summed E-state index contributed by atoms with van der Waals surface area (Å²) in [6.45, 7) is 2.67. The molecule has 0 atom stereocenters. The normalized spacial score (nSPS) is 13.3. The number of nitrogens with zero attached hydrogens (tertiary/aromatic N) is 3. The van der Waals surface area contributed by atoms with Gasteiger partial charge in [0.1, 0.15) is 6.54 Å². The van der Waals surface area contributed by atoms with Crippen LogP contribution in [0, 0.1) is 10.1 Å². The van der Waals surface area contributed by atoms with Crippen molar-refractivity contribution in [2.45, 2.75) is 19.8 Å². The molecule has 0 radical (unpaired) electrons. The Morgan fingerprint density at radius 1 is 1.48 bits per heavy atom. The molecule has 124 valence electrons. The zero-order valence-electron chi connectivity index (χ0n) is 13.2. The number of hydrogen-bond donors (Lipinski definition) is 0. The van der Waals surface area contributed by atoms with Crippen LogP contribution >= 0.6 is 0 Å². The number of benzene rings is 1. The molecule has 23 heavy (non-hydrogen) atoms. The van der Waals surface area contributed by atoms with Gasteiger partial charge in [-0.05, 0) is 12.5 Å². The van der Waals surface area contributed by atoms with Gasteiger partial charge in [-0.25, -0.2) is 4.79 Å². The van der Waals surface area contributed by atoms with E-state index in [9.17, 15) is 19.7 Å². The molecule has 2 rings (SSSR count). The third kappa shape index (κ3) is 3.97. The van der Waals surface area contributed by atoms with Crippen molar-refractivity contribution >= 4 is 23.3 Å². The second kappa shape index (κ2) is 7.08. The van der Waals surface area contributed by atoms with Crippen molar-refractivity contribution in [1.29, 1.82) is 0 Å². The Hall–Kier alpha value is -2.64. The lowest BCUT2D eigenvalue weighted by atomic mass is 10.2. The van der Waals surface area contributed by atoms with Crippen LogP contribution in [-0.2, 0) is 9.59 Å². The van der Waals surface area contributed by atoms with Gasteiger partial charge in [0, 0.05) is 19.7 Å². The number of ether oxygens (including phenoxy) is 1. The molecule has 0 unspecified atom stereocenters. The summed E-state index contributed by atoms with van der Waals surface area (Å²) >= 11 is 0. The van der Waals surface area contributed by atoms with E-state index in [1.165, 1.54) is 18.2 Å². The summed E-state index contributed by atoms with van der Waals surface area (Å²) in [5.41, 5.74) is 0.345. The second-order valence-electron chi connectivity index (χ2n) is 5.41. The second-order valence-corrected chi connectivity index (χ2v) is 5.41. The van der Waals surface area contributed by atoms with Crippen molar-refractivity contribution in [1.82, 2.24) is 4.90 Å². The van der Waals surface area contributed by atoms with Crippen molar-refractivity contribution in [2.75, 3.05) is 31.6 Å². The predicted molar refractivity (Wildman–Crippen MR) is 83.5 cm³/mol. The van der Waals surface area contributed by atoms with Crippen LogP contribution in [0.2, 0.25) is 0 Å². The molecule has 1 aromatic carbocycles. The number of likely N-dealkylation sites (N-methyl/N-ethyl adjacent to an activating group) is 1. The molecule has 0 aromatic heterocycles. The third-order valence-electron chi connectivity index (χ3n) is 3.64. The molecule has 8 heteroatoms. The molecule has 8 nitrogen and oxygen atoms in total. The van der Waals surface area contributed by atoms with Crippen molar-refractivity contribution in [3.8, 4) is 5.75 Å². The first-order valence-corrected chi connectivity index (χ1v) is 7.40. The number of nitro benzene ring substituents is 1. The van der Waals surface area contributed by atoms with Gasteiger partial charge in [-0.2, -0.15) is 0 Å². The Labute approximate surface area is 133 Å². The first kappa shape index (κ1) is 16.7. The molecule has 1 aliphatic heterocycles. The molecule has 1 heterocycles. The van der Waals surface area contributed by atoms with Gasteiger partial charge in [0.15, 0.2) is 5.75 Å². The summed E-state index contributed by atoms with van der Waals surface area (Å²) in [5.74, 6) is -0.543. The molecule has 0 saturated heterocycles. The van der Waals surface area contributed by atoms with Crippen LogP contribution in [0.3, 0.4) is 0 Å². The Balaban J connectivity index is 2.17. The molecule has 0 saturated carbocycles. The first-order valence-electron chi connectivity index (χ1n) is 7.40. The van der Waals surface area contributed by atoms with Gasteiger partial charge in [-0.3, -0.25) is 14.9 Å². The smallest absolute Gasteiger partial charge is 0.331 e. The number of amides is 1. The lowest BCUT2D eigenvalue weighted by Crippen LogP contribution is -2.44. The molecule has 1 amide bonds. The van der Waals surface area contributed by atoms with Crippen molar-refractivity contribution < 1.29 is 19.2 Å². The molecule has 0 aliphatic carbocycles. The summed E-state index contributed by atoms with van der Waals surface area (Å²) in [6.07, 6.45) is 1.90. The molecule has 0 spiro atoms. The number of esters is 1. The van der Waals surface area contributed by atoms with Gasteiger partial charge in [-0.15, -0.1) is 0 Å². The van der Waals surface area contributed by atoms with E-state index in [0.717, 1.165) is 12.8 Å². The van der Waals surface area contributed by atoms with E-state index in [2.05, 4.69) is 0 Å². The van der Waals surface area contributed by atoms with Crippen LogP contribution in [-0.4, -0.2) is 48.4 Å². The monoisotopic (exact) mass is 321 g/mol. The maximum absolute atomic E-state index is 12.2. The molecule has 0 bridgehead atoms. The highest BCUT2D eigenvalue weighted by Crippen LogP contribution is 2.35. The fourth-order valence-corrected chi connectivity index (χ4v) is 2.30. The Kier molecular flexibility index (Phi) is 5.15. The maximum Gasteiger partial charge on any atom is 0.331 e. The van der Waals surface area contributed by atoms with Crippen LogP contribution in [0.5, 0.6) is 5.75 Å². The fourth-order valence-electron chi connectivity index (χ4n) is 2.30. The van der Waals surface area contributed by atoms with Gasteiger partial charge in [-0.1, -0.05) is 13.3 Å². The maximum atomic E-state index is 12.2. The van der Waals surface area contributed by atoms with Crippen LogP contribution in [0.25, 0.3) is 0 Å². The van der Waals surface area contributed by atoms with E-state index in [-0.39, 0.29) is 30.4 Å². The Morgan fingerprint density at radius 2 is 2.22 bits per heavy atom. The van der Waals surface area contributed by atoms with E-state index in [1.807, 2.05) is 6.92 Å². The molecular weight excluding hydrogens is 302 g/mol. The lowest BCUT2D eigenvalue weighted by molar-refractivity contribution is -0.384. The fraction of sp³-hybridized carbons (Fsp3) is 0.467. The van der Waals surface area contributed by atoms with Gasteiger partial charge >= 0.3 is 5.97 Å². The number of carbonyl (C=O) groups is 2. The Morgan fingerprint density at radius 3 is 2.87 bits per heavy atom. The number of fused-ring (bicyclic) bond motifs is 1. The minimum Gasteiger partial charge on any atom is -0.423 e. The van der Waals surface area contributed by atoms with Crippen molar-refractivity contribution in [3.05, 3.63) is 28.3 Å². The predicted octanol–water partition coefficient (Wildman–Crippen LogP) is 1.58.